The summed E-state index contributed by atoms with van der Waals surface area (Å²) in [5, 5.41) is 0. The Morgan fingerprint density at radius 2 is 1.85 bits per heavy atom. The molecule has 3 heterocycles. The van der Waals surface area contributed by atoms with Crippen molar-refractivity contribution in [1.29, 1.82) is 0 Å². The number of thiazole rings is 1. The van der Waals surface area contributed by atoms with Gasteiger partial charge in [0, 0.05) is 29.6 Å². The van der Waals surface area contributed by atoms with Gasteiger partial charge in [-0.25, -0.2) is 9.97 Å². The molecule has 8 heteroatoms. The van der Waals surface area contributed by atoms with Crippen LogP contribution >= 0.6 is 23.1 Å². The summed E-state index contributed by atoms with van der Waals surface area (Å²) in [5.41, 5.74) is 0.00384. The highest BCUT2D eigenvalue weighted by atomic mass is 32.2. The smallest absolute Gasteiger partial charge is 0.292 e. The predicted octanol–water partition coefficient (Wildman–Crippen LogP) is 5.85. The standard InChI is InChI=1S/C18H24F3N3S2/c1-16(2)6-5-7-17(3,4)24(16)8-9-25-15-23-14-13(26-15)10-12(11-22-14)18(19,20)21/h10-11H,5-9H2,1-4H3. The van der Waals surface area contributed by atoms with E-state index in [-0.39, 0.29) is 11.1 Å². The number of rotatable bonds is 4. The number of hydrogen-bond acceptors (Lipinski definition) is 5. The van der Waals surface area contributed by atoms with Crippen molar-refractivity contribution in [3.63, 3.8) is 0 Å². The first-order valence-electron chi connectivity index (χ1n) is 8.73. The second-order valence-electron chi connectivity index (χ2n) is 8.00. The van der Waals surface area contributed by atoms with Crippen LogP contribution in [0.1, 0.15) is 52.5 Å². The summed E-state index contributed by atoms with van der Waals surface area (Å²) in [6.07, 6.45) is 0.104. The molecule has 1 saturated heterocycles. The lowest BCUT2D eigenvalue weighted by molar-refractivity contribution is -0.137. The maximum Gasteiger partial charge on any atom is 0.417 e. The van der Waals surface area contributed by atoms with Crippen LogP contribution in [0.4, 0.5) is 13.2 Å². The van der Waals surface area contributed by atoms with E-state index in [0.29, 0.717) is 10.3 Å². The third-order valence-corrected chi connectivity index (χ3v) is 7.25. The number of pyridine rings is 1. The van der Waals surface area contributed by atoms with Crippen molar-refractivity contribution in [2.75, 3.05) is 12.3 Å². The highest BCUT2D eigenvalue weighted by Crippen LogP contribution is 2.39. The summed E-state index contributed by atoms with van der Waals surface area (Å²) in [6.45, 7) is 10.1. The van der Waals surface area contributed by atoms with E-state index in [2.05, 4.69) is 42.6 Å². The molecule has 26 heavy (non-hydrogen) atoms. The number of thioether (sulfide) groups is 1. The molecule has 0 saturated carbocycles. The first kappa shape index (κ1) is 19.9. The van der Waals surface area contributed by atoms with E-state index >= 15 is 0 Å². The van der Waals surface area contributed by atoms with Crippen LogP contribution < -0.4 is 0 Å². The van der Waals surface area contributed by atoms with Crippen molar-refractivity contribution >= 4 is 33.4 Å². The molecule has 1 fully saturated rings. The van der Waals surface area contributed by atoms with Crippen LogP contribution in [0.25, 0.3) is 10.3 Å². The minimum absolute atomic E-state index is 0.166. The van der Waals surface area contributed by atoms with E-state index in [1.807, 2.05) is 0 Å². The lowest BCUT2D eigenvalue weighted by Gasteiger charge is -2.53. The van der Waals surface area contributed by atoms with Crippen LogP contribution in [0, 0.1) is 0 Å². The van der Waals surface area contributed by atoms with Gasteiger partial charge in [-0.05, 0) is 53.0 Å². The van der Waals surface area contributed by atoms with E-state index in [4.69, 9.17) is 0 Å². The summed E-state index contributed by atoms with van der Waals surface area (Å²) in [5.74, 6) is 0.860. The summed E-state index contributed by atoms with van der Waals surface area (Å²) in [7, 11) is 0. The third kappa shape index (κ3) is 4.17. The molecule has 1 aliphatic heterocycles. The van der Waals surface area contributed by atoms with Gasteiger partial charge in [0.25, 0.3) is 0 Å². The molecule has 3 nitrogen and oxygen atoms in total. The average molecular weight is 404 g/mol. The molecule has 0 atom stereocenters. The number of aromatic nitrogens is 2. The first-order chi connectivity index (χ1) is 12.0. The predicted molar refractivity (Wildman–Crippen MR) is 102 cm³/mol. The van der Waals surface area contributed by atoms with Gasteiger partial charge in [0.05, 0.1) is 10.3 Å². The molecule has 0 aliphatic carbocycles. The van der Waals surface area contributed by atoms with Gasteiger partial charge in [-0.3, -0.25) is 4.90 Å². The Labute approximate surface area is 160 Å². The lowest BCUT2D eigenvalue weighted by atomic mass is 9.80. The highest BCUT2D eigenvalue weighted by Gasteiger charge is 2.40. The molecule has 1 aliphatic rings. The molecular weight excluding hydrogens is 379 g/mol. The second-order valence-corrected chi connectivity index (χ2v) is 10.4. The quantitative estimate of drug-likeness (QED) is 0.599. The molecular formula is C18H24F3N3S2. The summed E-state index contributed by atoms with van der Waals surface area (Å²) in [6, 6.07) is 1.14. The number of fused-ring (bicyclic) bond motifs is 1. The van der Waals surface area contributed by atoms with Gasteiger partial charge in [-0.1, -0.05) is 11.8 Å². The van der Waals surface area contributed by atoms with E-state index in [1.165, 1.54) is 30.6 Å². The number of likely N-dealkylation sites (tertiary alicyclic amines) is 1. The molecule has 0 unspecified atom stereocenters. The first-order valence-corrected chi connectivity index (χ1v) is 10.5. The van der Waals surface area contributed by atoms with E-state index in [1.54, 1.807) is 11.8 Å². The summed E-state index contributed by atoms with van der Waals surface area (Å²) in [4.78, 5) is 10.8. The van der Waals surface area contributed by atoms with E-state index < -0.39 is 11.7 Å². The largest absolute Gasteiger partial charge is 0.417 e. The number of alkyl halides is 3. The van der Waals surface area contributed by atoms with Gasteiger partial charge < -0.3 is 0 Å². The minimum atomic E-state index is -4.37. The zero-order chi connectivity index (χ0) is 19.2. The second kappa shape index (κ2) is 6.95. The molecule has 0 spiro atoms. The monoisotopic (exact) mass is 403 g/mol. The van der Waals surface area contributed by atoms with Gasteiger partial charge >= 0.3 is 6.18 Å². The Morgan fingerprint density at radius 1 is 1.19 bits per heavy atom. The van der Waals surface area contributed by atoms with Crippen LogP contribution in [0.2, 0.25) is 0 Å². The van der Waals surface area contributed by atoms with Crippen molar-refractivity contribution in [2.45, 2.75) is 68.6 Å². The number of hydrogen-bond donors (Lipinski definition) is 0. The average Bonchev–Trinajstić information content (AvgIpc) is 2.90. The van der Waals surface area contributed by atoms with Crippen LogP contribution in [0.15, 0.2) is 16.6 Å². The SMILES string of the molecule is CC1(C)CCCC(C)(C)N1CCSc1nc2ncc(C(F)(F)F)cc2s1. The molecule has 2 aromatic heterocycles. The maximum atomic E-state index is 12.8. The van der Waals surface area contributed by atoms with E-state index in [9.17, 15) is 13.2 Å². The lowest BCUT2D eigenvalue weighted by Crippen LogP contribution is -2.59. The Bertz CT molecular complexity index is 768. The fourth-order valence-corrected chi connectivity index (χ4v) is 5.94. The van der Waals surface area contributed by atoms with Crippen LogP contribution in [0.3, 0.4) is 0 Å². The van der Waals surface area contributed by atoms with Crippen molar-refractivity contribution in [1.82, 2.24) is 14.9 Å². The van der Waals surface area contributed by atoms with Gasteiger partial charge in [-0.15, -0.1) is 11.3 Å². The number of halogens is 3. The Balaban J connectivity index is 1.68. The van der Waals surface area contributed by atoms with Gasteiger partial charge in [0.1, 0.15) is 0 Å². The van der Waals surface area contributed by atoms with Crippen molar-refractivity contribution in [3.05, 3.63) is 17.8 Å². The summed E-state index contributed by atoms with van der Waals surface area (Å²) < 4.78 is 39.7. The number of piperidine rings is 1. The van der Waals surface area contributed by atoms with Gasteiger partial charge in [0.2, 0.25) is 0 Å². The van der Waals surface area contributed by atoms with Gasteiger partial charge in [-0.2, -0.15) is 13.2 Å². The molecule has 0 amide bonds. The Morgan fingerprint density at radius 3 is 2.46 bits per heavy atom. The van der Waals surface area contributed by atoms with Crippen molar-refractivity contribution in [2.24, 2.45) is 0 Å². The molecule has 2 aromatic rings. The molecule has 0 bridgehead atoms. The molecule has 0 N–H and O–H groups in total. The molecule has 144 valence electrons. The zero-order valence-electron chi connectivity index (χ0n) is 15.5. The fourth-order valence-electron chi connectivity index (χ4n) is 3.89. The highest BCUT2D eigenvalue weighted by molar-refractivity contribution is 8.01. The Hall–Kier alpha value is -0.860. The molecule has 3 rings (SSSR count). The van der Waals surface area contributed by atoms with Crippen LogP contribution in [-0.4, -0.2) is 38.2 Å². The zero-order valence-corrected chi connectivity index (χ0v) is 17.1. The van der Waals surface area contributed by atoms with Crippen molar-refractivity contribution < 1.29 is 13.2 Å². The van der Waals surface area contributed by atoms with Crippen LogP contribution in [-0.2, 0) is 6.18 Å². The molecule has 0 aromatic carbocycles. The maximum absolute atomic E-state index is 12.8. The number of nitrogens with zero attached hydrogens (tertiary/aromatic N) is 3. The molecule has 0 radical (unpaired) electrons. The van der Waals surface area contributed by atoms with Gasteiger partial charge in [0.15, 0.2) is 9.99 Å². The summed E-state index contributed by atoms with van der Waals surface area (Å²) >= 11 is 2.88. The normalized spacial score (nSPS) is 20.6. The topological polar surface area (TPSA) is 29.0 Å². The fraction of sp³-hybridized carbons (Fsp3) is 0.667. The minimum Gasteiger partial charge on any atom is -0.292 e. The van der Waals surface area contributed by atoms with Crippen molar-refractivity contribution in [3.8, 4) is 0 Å². The van der Waals surface area contributed by atoms with Crippen LogP contribution in [0.5, 0.6) is 0 Å². The Kier molecular flexibility index (Phi) is 5.31. The third-order valence-electron chi connectivity index (χ3n) is 5.13. The van der Waals surface area contributed by atoms with E-state index in [0.717, 1.165) is 28.9 Å².